The van der Waals surface area contributed by atoms with Gasteiger partial charge in [-0.2, -0.15) is 5.10 Å². The van der Waals surface area contributed by atoms with Gasteiger partial charge in [0.05, 0.1) is 24.5 Å². The fourth-order valence-corrected chi connectivity index (χ4v) is 3.04. The molecule has 1 atom stereocenters. The van der Waals surface area contributed by atoms with Gasteiger partial charge in [0.25, 0.3) is 0 Å². The van der Waals surface area contributed by atoms with Crippen LogP contribution >= 0.6 is 11.6 Å². The summed E-state index contributed by atoms with van der Waals surface area (Å²) < 4.78 is 7.45. The average Bonchev–Trinajstić information content (AvgIpc) is 3.19. The van der Waals surface area contributed by atoms with E-state index in [2.05, 4.69) is 5.10 Å². The van der Waals surface area contributed by atoms with Crippen LogP contribution in [0.5, 0.6) is 0 Å². The molecule has 1 aliphatic rings. The maximum Gasteiger partial charge on any atom is 0.231 e. The third-order valence-corrected chi connectivity index (χ3v) is 4.25. The molecule has 0 saturated carbocycles. The number of hydrogen-bond donors (Lipinski definition) is 1. The van der Waals surface area contributed by atoms with Crippen LogP contribution in [0.15, 0.2) is 36.7 Å². The molecule has 1 aromatic carbocycles. The van der Waals surface area contributed by atoms with Crippen molar-refractivity contribution in [3.63, 3.8) is 0 Å². The van der Waals surface area contributed by atoms with Crippen molar-refractivity contribution in [3.8, 4) is 5.69 Å². The quantitative estimate of drug-likeness (QED) is 0.830. The topological polar surface area (TPSA) is 73.4 Å². The first-order valence-corrected chi connectivity index (χ1v) is 8.40. The van der Waals surface area contributed by atoms with Crippen LogP contribution in [0.3, 0.4) is 0 Å². The Balaban J connectivity index is 1.67. The number of benzene rings is 1. The summed E-state index contributed by atoms with van der Waals surface area (Å²) in [4.78, 5) is 13.4. The van der Waals surface area contributed by atoms with Crippen molar-refractivity contribution in [3.05, 3.63) is 47.2 Å². The Morgan fingerprint density at radius 1 is 1.42 bits per heavy atom. The number of nitrogens with two attached hydrogens (primary N) is 1. The van der Waals surface area contributed by atoms with Crippen molar-refractivity contribution in [2.45, 2.75) is 25.5 Å². The predicted octanol–water partition coefficient (Wildman–Crippen LogP) is 1.99. The van der Waals surface area contributed by atoms with Gasteiger partial charge >= 0.3 is 0 Å². The highest BCUT2D eigenvalue weighted by Gasteiger charge is 2.20. The summed E-state index contributed by atoms with van der Waals surface area (Å²) >= 11 is 5.91. The van der Waals surface area contributed by atoms with E-state index in [1.165, 1.54) is 0 Å². The third kappa shape index (κ3) is 4.56. The zero-order chi connectivity index (χ0) is 16.9. The summed E-state index contributed by atoms with van der Waals surface area (Å²) in [5.74, 6) is -0.335. The highest BCUT2D eigenvalue weighted by atomic mass is 35.5. The van der Waals surface area contributed by atoms with Crippen LogP contribution in [0.1, 0.15) is 18.4 Å². The fraction of sp³-hybridized carbons (Fsp3) is 0.412. The Morgan fingerprint density at radius 2 is 2.21 bits per heavy atom. The molecule has 6 nitrogen and oxygen atoms in total. The number of aromatic nitrogens is 2. The number of amides is 1. The Hall–Kier alpha value is -1.89. The Kier molecular flexibility index (Phi) is 5.50. The number of halogens is 1. The predicted molar refractivity (Wildman–Crippen MR) is 92.0 cm³/mol. The molecule has 1 saturated heterocycles. The summed E-state index contributed by atoms with van der Waals surface area (Å²) in [6, 6.07) is 7.48. The second kappa shape index (κ2) is 7.79. The molecule has 3 rings (SSSR count). The highest BCUT2D eigenvalue weighted by Crippen LogP contribution is 2.16. The molecule has 2 N–H and O–H groups in total. The number of primary amides is 1. The number of nitrogens with zero attached hydrogens (tertiary/aromatic N) is 3. The zero-order valence-corrected chi connectivity index (χ0v) is 14.2. The molecule has 0 unspecified atom stereocenters. The van der Waals surface area contributed by atoms with Crippen molar-refractivity contribution < 1.29 is 9.53 Å². The van der Waals surface area contributed by atoms with Crippen molar-refractivity contribution in [1.29, 1.82) is 0 Å². The van der Waals surface area contributed by atoms with Crippen molar-refractivity contribution in [2.24, 2.45) is 5.73 Å². The van der Waals surface area contributed by atoms with Gasteiger partial charge in [-0.1, -0.05) is 11.6 Å². The van der Waals surface area contributed by atoms with Crippen LogP contribution in [-0.2, 0) is 16.1 Å². The molecule has 7 heteroatoms. The molecule has 0 bridgehead atoms. The largest absolute Gasteiger partial charge is 0.377 e. The van der Waals surface area contributed by atoms with Crippen LogP contribution in [0.25, 0.3) is 5.69 Å². The first-order chi connectivity index (χ1) is 11.6. The van der Waals surface area contributed by atoms with E-state index in [1.54, 1.807) is 10.9 Å². The SMILES string of the molecule is NC(=O)CN(Cc1cnn(-c2ccc(Cl)cc2)c1)C[C@@H]1CCCO1. The number of carbonyl (C=O) groups excluding carboxylic acids is 1. The minimum absolute atomic E-state index is 0.177. The number of hydrogen-bond acceptors (Lipinski definition) is 4. The first kappa shape index (κ1) is 17.0. The van der Waals surface area contributed by atoms with E-state index in [9.17, 15) is 4.79 Å². The summed E-state index contributed by atoms with van der Waals surface area (Å²) in [6.45, 7) is 2.32. The van der Waals surface area contributed by atoms with Crippen molar-refractivity contribution in [1.82, 2.24) is 14.7 Å². The lowest BCUT2D eigenvalue weighted by Crippen LogP contribution is -2.38. The molecular formula is C17H21ClN4O2. The summed E-state index contributed by atoms with van der Waals surface area (Å²) in [7, 11) is 0. The van der Waals surface area contributed by atoms with Gasteiger partial charge in [-0.05, 0) is 37.1 Å². The Bertz CT molecular complexity index is 680. The molecule has 1 aromatic heterocycles. The summed E-state index contributed by atoms with van der Waals surface area (Å²) in [5.41, 5.74) is 7.33. The lowest BCUT2D eigenvalue weighted by molar-refractivity contribution is -0.119. The number of carbonyl (C=O) groups is 1. The number of rotatable bonds is 7. The van der Waals surface area contributed by atoms with E-state index in [0.717, 1.165) is 30.7 Å². The van der Waals surface area contributed by atoms with Crippen LogP contribution < -0.4 is 5.73 Å². The van der Waals surface area contributed by atoms with Crippen molar-refractivity contribution >= 4 is 17.5 Å². The summed E-state index contributed by atoms with van der Waals surface area (Å²) in [6.07, 6.45) is 6.03. The molecule has 0 spiro atoms. The monoisotopic (exact) mass is 348 g/mol. The summed E-state index contributed by atoms with van der Waals surface area (Å²) in [5, 5.41) is 5.07. The van der Waals surface area contributed by atoms with Gasteiger partial charge in [0, 0.05) is 36.5 Å². The molecule has 1 aliphatic heterocycles. The molecule has 1 amide bonds. The van der Waals surface area contributed by atoms with E-state index >= 15 is 0 Å². The van der Waals surface area contributed by atoms with Crippen LogP contribution in [0, 0.1) is 0 Å². The Morgan fingerprint density at radius 3 is 2.88 bits per heavy atom. The van der Waals surface area contributed by atoms with E-state index in [0.29, 0.717) is 18.1 Å². The first-order valence-electron chi connectivity index (χ1n) is 8.02. The van der Waals surface area contributed by atoms with Crippen LogP contribution in [0.4, 0.5) is 0 Å². The fourth-order valence-electron chi connectivity index (χ4n) is 2.92. The van der Waals surface area contributed by atoms with Crippen LogP contribution in [-0.4, -0.2) is 46.4 Å². The van der Waals surface area contributed by atoms with E-state index in [4.69, 9.17) is 22.1 Å². The lowest BCUT2D eigenvalue weighted by atomic mass is 10.2. The zero-order valence-electron chi connectivity index (χ0n) is 13.4. The molecule has 24 heavy (non-hydrogen) atoms. The van der Waals surface area contributed by atoms with Gasteiger partial charge < -0.3 is 10.5 Å². The molecule has 128 valence electrons. The van der Waals surface area contributed by atoms with E-state index in [-0.39, 0.29) is 18.6 Å². The minimum Gasteiger partial charge on any atom is -0.377 e. The van der Waals surface area contributed by atoms with Crippen LogP contribution in [0.2, 0.25) is 5.02 Å². The van der Waals surface area contributed by atoms with Gasteiger partial charge in [0.1, 0.15) is 0 Å². The van der Waals surface area contributed by atoms with Gasteiger partial charge in [-0.3, -0.25) is 9.69 Å². The maximum absolute atomic E-state index is 11.3. The highest BCUT2D eigenvalue weighted by molar-refractivity contribution is 6.30. The second-order valence-electron chi connectivity index (χ2n) is 6.04. The molecule has 2 aromatic rings. The average molecular weight is 349 g/mol. The third-order valence-electron chi connectivity index (χ3n) is 4.00. The second-order valence-corrected chi connectivity index (χ2v) is 6.48. The van der Waals surface area contributed by atoms with E-state index < -0.39 is 0 Å². The minimum atomic E-state index is -0.335. The molecule has 0 radical (unpaired) electrons. The lowest BCUT2D eigenvalue weighted by Gasteiger charge is -2.23. The Labute approximate surface area is 146 Å². The molecular weight excluding hydrogens is 328 g/mol. The maximum atomic E-state index is 11.3. The van der Waals surface area contributed by atoms with Gasteiger partial charge in [0.15, 0.2) is 0 Å². The smallest absolute Gasteiger partial charge is 0.231 e. The normalized spacial score (nSPS) is 17.5. The molecule has 2 heterocycles. The van der Waals surface area contributed by atoms with Crippen molar-refractivity contribution in [2.75, 3.05) is 19.7 Å². The molecule has 1 fully saturated rings. The van der Waals surface area contributed by atoms with E-state index in [1.807, 2.05) is 35.4 Å². The van der Waals surface area contributed by atoms with Gasteiger partial charge in [-0.25, -0.2) is 4.68 Å². The number of ether oxygens (including phenoxy) is 1. The van der Waals surface area contributed by atoms with Gasteiger partial charge in [0.2, 0.25) is 5.91 Å². The standard InChI is InChI=1S/C17H21ClN4O2/c18-14-3-5-15(6-4-14)22-10-13(8-20-22)9-21(12-17(19)23)11-16-2-1-7-24-16/h3-6,8,10,16H,1-2,7,9,11-12H2,(H2,19,23)/t16-/m0/s1. The van der Waals surface area contributed by atoms with Gasteiger partial charge in [-0.15, -0.1) is 0 Å². The molecule has 0 aliphatic carbocycles.